The van der Waals surface area contributed by atoms with Crippen molar-refractivity contribution in [3.05, 3.63) is 65.7 Å². The van der Waals surface area contributed by atoms with Crippen molar-refractivity contribution < 1.29 is 14.2 Å². The molecule has 1 aliphatic rings. The molecule has 1 unspecified atom stereocenters. The smallest absolute Gasteiger partial charge is 0.191 e. The molecule has 1 saturated heterocycles. The fourth-order valence-electron chi connectivity index (χ4n) is 3.29. The van der Waals surface area contributed by atoms with Crippen LogP contribution in [0.25, 0.3) is 0 Å². The van der Waals surface area contributed by atoms with Crippen LogP contribution in [0, 0.1) is 5.92 Å². The standard InChI is InChI=1S/C25H35N3O3/c1-2-26-25(27-14-6-15-29-18-23-13-16-30-19-23)28-17-21-9-11-24(12-10-21)31-20-22-7-4-3-5-8-22/h3-5,7-12,23H,2,6,13-20H2,1H3,(H2,26,27,28). The van der Waals surface area contributed by atoms with Gasteiger partial charge in [-0.25, -0.2) is 4.99 Å². The van der Waals surface area contributed by atoms with Crippen LogP contribution in [0.3, 0.4) is 0 Å². The fourth-order valence-corrected chi connectivity index (χ4v) is 3.29. The summed E-state index contributed by atoms with van der Waals surface area (Å²) >= 11 is 0. The van der Waals surface area contributed by atoms with Gasteiger partial charge in [-0.05, 0) is 43.0 Å². The highest BCUT2D eigenvalue weighted by Crippen LogP contribution is 2.15. The van der Waals surface area contributed by atoms with E-state index in [-0.39, 0.29) is 0 Å². The van der Waals surface area contributed by atoms with E-state index in [9.17, 15) is 0 Å². The van der Waals surface area contributed by atoms with Gasteiger partial charge in [-0.15, -0.1) is 0 Å². The molecule has 0 amide bonds. The maximum absolute atomic E-state index is 5.85. The number of hydrogen-bond donors (Lipinski definition) is 2. The maximum atomic E-state index is 5.85. The molecule has 1 fully saturated rings. The number of rotatable bonds is 12. The average Bonchev–Trinajstić information content (AvgIpc) is 3.33. The molecule has 2 N–H and O–H groups in total. The first-order chi connectivity index (χ1) is 15.3. The first kappa shape index (κ1) is 23.1. The molecular weight excluding hydrogens is 390 g/mol. The Morgan fingerprint density at radius 1 is 1.06 bits per heavy atom. The summed E-state index contributed by atoms with van der Waals surface area (Å²) in [6.07, 6.45) is 2.07. The number of guanidine groups is 1. The molecule has 2 aromatic rings. The van der Waals surface area contributed by atoms with Crippen molar-refractivity contribution in [3.8, 4) is 5.75 Å². The summed E-state index contributed by atoms with van der Waals surface area (Å²) in [4.78, 5) is 4.68. The molecule has 3 rings (SSSR count). The van der Waals surface area contributed by atoms with Crippen molar-refractivity contribution in [1.82, 2.24) is 10.6 Å². The van der Waals surface area contributed by atoms with Crippen LogP contribution in [0.1, 0.15) is 30.9 Å². The van der Waals surface area contributed by atoms with Gasteiger partial charge in [-0.2, -0.15) is 0 Å². The molecule has 2 aromatic carbocycles. The molecule has 6 heteroatoms. The Hall–Kier alpha value is -2.57. The lowest BCUT2D eigenvalue weighted by atomic mass is 10.1. The van der Waals surface area contributed by atoms with Crippen LogP contribution in [0.5, 0.6) is 5.75 Å². The van der Waals surface area contributed by atoms with Crippen LogP contribution in [-0.4, -0.2) is 45.5 Å². The van der Waals surface area contributed by atoms with Crippen LogP contribution in [0.4, 0.5) is 0 Å². The number of hydrogen-bond acceptors (Lipinski definition) is 4. The van der Waals surface area contributed by atoms with Crippen molar-refractivity contribution in [1.29, 1.82) is 0 Å². The van der Waals surface area contributed by atoms with Crippen LogP contribution < -0.4 is 15.4 Å². The molecule has 0 radical (unpaired) electrons. The van der Waals surface area contributed by atoms with Gasteiger partial charge in [0.2, 0.25) is 0 Å². The highest BCUT2D eigenvalue weighted by molar-refractivity contribution is 5.79. The number of aliphatic imine (C=N–C) groups is 1. The van der Waals surface area contributed by atoms with Crippen molar-refractivity contribution in [2.45, 2.75) is 32.9 Å². The third-order valence-corrected chi connectivity index (χ3v) is 5.07. The second-order valence-electron chi connectivity index (χ2n) is 7.70. The molecule has 0 bridgehead atoms. The van der Waals surface area contributed by atoms with Gasteiger partial charge in [0.1, 0.15) is 12.4 Å². The molecule has 0 spiro atoms. The molecule has 1 aliphatic heterocycles. The molecule has 0 saturated carbocycles. The largest absolute Gasteiger partial charge is 0.489 e. The molecule has 168 valence electrons. The molecule has 6 nitrogen and oxygen atoms in total. The van der Waals surface area contributed by atoms with Crippen molar-refractivity contribution in [2.24, 2.45) is 10.9 Å². The van der Waals surface area contributed by atoms with E-state index in [0.29, 0.717) is 19.1 Å². The van der Waals surface area contributed by atoms with Gasteiger partial charge in [0.15, 0.2) is 5.96 Å². The van der Waals surface area contributed by atoms with E-state index < -0.39 is 0 Å². The zero-order chi connectivity index (χ0) is 21.6. The number of nitrogens with zero attached hydrogens (tertiary/aromatic N) is 1. The van der Waals surface area contributed by atoms with Gasteiger partial charge in [0.05, 0.1) is 19.8 Å². The number of ether oxygens (including phenoxy) is 3. The SMILES string of the molecule is CCNC(=NCc1ccc(OCc2ccccc2)cc1)NCCCOCC1CCOC1. The molecule has 1 heterocycles. The Balaban J connectivity index is 1.35. The minimum Gasteiger partial charge on any atom is -0.489 e. The first-order valence-electron chi connectivity index (χ1n) is 11.3. The first-order valence-corrected chi connectivity index (χ1v) is 11.3. The van der Waals surface area contributed by atoms with Crippen LogP contribution in [-0.2, 0) is 22.6 Å². The van der Waals surface area contributed by atoms with Crippen molar-refractivity contribution >= 4 is 5.96 Å². The summed E-state index contributed by atoms with van der Waals surface area (Å²) in [7, 11) is 0. The molecule has 0 aromatic heterocycles. The minimum atomic E-state index is 0.571. The second-order valence-corrected chi connectivity index (χ2v) is 7.70. The van der Waals surface area contributed by atoms with Gasteiger partial charge in [0.25, 0.3) is 0 Å². The zero-order valence-electron chi connectivity index (χ0n) is 18.5. The summed E-state index contributed by atoms with van der Waals surface area (Å²) in [6, 6.07) is 18.3. The van der Waals surface area contributed by atoms with Crippen LogP contribution >= 0.6 is 0 Å². The van der Waals surface area contributed by atoms with Crippen molar-refractivity contribution in [3.63, 3.8) is 0 Å². The summed E-state index contributed by atoms with van der Waals surface area (Å²) in [5.41, 5.74) is 2.31. The molecule has 0 aliphatic carbocycles. The topological polar surface area (TPSA) is 64.1 Å². The Morgan fingerprint density at radius 2 is 1.90 bits per heavy atom. The lowest BCUT2D eigenvalue weighted by Crippen LogP contribution is -2.38. The predicted octanol–water partition coefficient (Wildman–Crippen LogP) is 3.76. The lowest BCUT2D eigenvalue weighted by Gasteiger charge is -2.12. The summed E-state index contributed by atoms with van der Waals surface area (Å²) in [5, 5.41) is 6.67. The third-order valence-electron chi connectivity index (χ3n) is 5.07. The Bertz CT molecular complexity index is 759. The Labute approximate surface area is 186 Å². The summed E-state index contributed by atoms with van der Waals surface area (Å²) in [5.74, 6) is 2.27. The molecule has 1 atom stereocenters. The van der Waals surface area contributed by atoms with E-state index in [1.807, 2.05) is 30.3 Å². The van der Waals surface area contributed by atoms with Gasteiger partial charge >= 0.3 is 0 Å². The van der Waals surface area contributed by atoms with Gasteiger partial charge in [-0.1, -0.05) is 42.5 Å². The Kier molecular flexibility index (Phi) is 10.2. The zero-order valence-corrected chi connectivity index (χ0v) is 18.5. The predicted molar refractivity (Wildman–Crippen MR) is 124 cm³/mol. The Morgan fingerprint density at radius 3 is 2.65 bits per heavy atom. The molecule has 31 heavy (non-hydrogen) atoms. The van der Waals surface area contributed by atoms with Crippen molar-refractivity contribution in [2.75, 3.05) is 39.5 Å². The van der Waals surface area contributed by atoms with E-state index in [1.165, 1.54) is 0 Å². The summed E-state index contributed by atoms with van der Waals surface area (Å²) < 4.78 is 17.0. The molecular formula is C25H35N3O3. The van der Waals surface area contributed by atoms with Gasteiger partial charge in [-0.3, -0.25) is 0 Å². The number of nitrogens with one attached hydrogen (secondary N) is 2. The monoisotopic (exact) mass is 425 g/mol. The minimum absolute atomic E-state index is 0.571. The van der Waals surface area contributed by atoms with E-state index in [2.05, 4.69) is 46.8 Å². The fraction of sp³-hybridized carbons (Fsp3) is 0.480. The average molecular weight is 426 g/mol. The quantitative estimate of drug-likeness (QED) is 0.308. The normalized spacial score (nSPS) is 16.3. The van der Waals surface area contributed by atoms with Crippen LogP contribution in [0.2, 0.25) is 0 Å². The summed E-state index contributed by atoms with van der Waals surface area (Å²) in [6.45, 7) is 8.21. The second kappa shape index (κ2) is 13.7. The maximum Gasteiger partial charge on any atom is 0.191 e. The highest BCUT2D eigenvalue weighted by Gasteiger charge is 2.15. The van der Waals surface area contributed by atoms with E-state index >= 15 is 0 Å². The van der Waals surface area contributed by atoms with E-state index in [4.69, 9.17) is 14.2 Å². The van der Waals surface area contributed by atoms with E-state index in [0.717, 1.165) is 75.2 Å². The van der Waals surface area contributed by atoms with Gasteiger partial charge in [0, 0.05) is 32.2 Å². The van der Waals surface area contributed by atoms with E-state index in [1.54, 1.807) is 0 Å². The third kappa shape index (κ3) is 8.99. The lowest BCUT2D eigenvalue weighted by molar-refractivity contribution is 0.0888. The highest BCUT2D eigenvalue weighted by atomic mass is 16.5. The number of benzene rings is 2. The van der Waals surface area contributed by atoms with Gasteiger partial charge < -0.3 is 24.8 Å². The van der Waals surface area contributed by atoms with Crippen LogP contribution in [0.15, 0.2) is 59.6 Å².